The van der Waals surface area contributed by atoms with Gasteiger partial charge in [-0.05, 0) is 0 Å². The molecule has 0 saturated carbocycles. The van der Waals surface area contributed by atoms with Gasteiger partial charge in [-0.15, -0.1) is 0 Å². The van der Waals surface area contributed by atoms with Gasteiger partial charge < -0.3 is 0 Å². The molecule has 0 heterocycles. The van der Waals surface area contributed by atoms with Crippen molar-refractivity contribution in [2.45, 2.75) is 0 Å². The van der Waals surface area contributed by atoms with Crippen LogP contribution < -0.4 is 0 Å². The van der Waals surface area contributed by atoms with Gasteiger partial charge in [-0.2, -0.15) is 0 Å². The summed E-state index contributed by atoms with van der Waals surface area (Å²) in [7, 11) is 0. The molecule has 0 aliphatic heterocycles. The van der Waals surface area contributed by atoms with Crippen LogP contribution >= 0.6 is 20.2 Å². The van der Waals surface area contributed by atoms with Crippen LogP contribution in [-0.2, 0) is 3.17 Å². The maximum absolute atomic E-state index is 10.6. The molecule has 0 atom stereocenters. The van der Waals surface area contributed by atoms with Crippen molar-refractivity contribution < 1.29 is 13.2 Å². The first kappa shape index (κ1) is 14.2. The second-order valence-corrected chi connectivity index (χ2v) is 7.88. The summed E-state index contributed by atoms with van der Waals surface area (Å²) in [6, 6.07) is 14.5. The zero-order valence-electron chi connectivity index (χ0n) is 10.0. The molecule has 2 rings (SSSR count). The van der Waals surface area contributed by atoms with E-state index in [0.717, 1.165) is 3.57 Å². The molecule has 0 aromatic heterocycles. The Labute approximate surface area is 121 Å². The van der Waals surface area contributed by atoms with Crippen LogP contribution in [0.25, 0.3) is 0 Å². The summed E-state index contributed by atoms with van der Waals surface area (Å²) in [6.07, 6.45) is 0. The molecule has 104 valence electrons. The van der Waals surface area contributed by atoms with E-state index >= 15 is 0 Å². The molecule has 8 heteroatoms. The molecule has 2 aromatic rings. The summed E-state index contributed by atoms with van der Waals surface area (Å²) in [5.74, 6) is 0. The van der Waals surface area contributed by atoms with E-state index in [4.69, 9.17) is 3.17 Å². The van der Waals surface area contributed by atoms with Gasteiger partial charge in [-0.25, -0.2) is 0 Å². The summed E-state index contributed by atoms with van der Waals surface area (Å²) in [5.41, 5.74) is -0.0567. The Morgan fingerprint density at radius 1 is 0.850 bits per heavy atom. The molecule has 0 aliphatic rings. The van der Waals surface area contributed by atoms with Crippen molar-refractivity contribution >= 4 is 25.9 Å². The Bertz CT molecular complexity index is 618. The first-order valence-corrected chi connectivity index (χ1v) is 8.44. The van der Waals surface area contributed by atoms with Gasteiger partial charge in [0.05, 0.1) is 0 Å². The molecule has 0 amide bonds. The number of hydrogen-bond donors (Lipinski definition) is 0. The molecule has 0 saturated heterocycles. The van der Waals surface area contributed by atoms with Crippen LogP contribution in [0.1, 0.15) is 0 Å². The fraction of sp³-hybridized carbons (Fsp3) is 0. The van der Waals surface area contributed by atoms with Crippen LogP contribution in [-0.4, -0.2) is 10.0 Å². The van der Waals surface area contributed by atoms with Crippen LogP contribution in [0.15, 0.2) is 54.6 Å². The van der Waals surface area contributed by atoms with Crippen molar-refractivity contribution in [1.82, 2.24) is 0 Å². The van der Waals surface area contributed by atoms with Crippen molar-refractivity contribution in [3.05, 3.63) is 82.0 Å². The predicted molar refractivity (Wildman–Crippen MR) is 79.0 cm³/mol. The Morgan fingerprint density at radius 2 is 1.40 bits per heavy atom. The van der Waals surface area contributed by atoms with Gasteiger partial charge in [0.15, 0.2) is 0 Å². The van der Waals surface area contributed by atoms with Crippen LogP contribution in [0, 0.1) is 27.4 Å². The van der Waals surface area contributed by atoms with Crippen LogP contribution in [0.3, 0.4) is 0 Å². The zero-order valence-corrected chi connectivity index (χ0v) is 12.2. The standard InChI is InChI=1S/C12H9IN2O5/c16-14(17)12-8-6-11(7-9-12)13(20-15(18)19)10-4-2-1-3-5-10/h1-9H. The van der Waals surface area contributed by atoms with Crippen LogP contribution in [0.2, 0.25) is 0 Å². The molecule has 0 spiro atoms. The number of hydrogen-bond acceptors (Lipinski definition) is 5. The number of non-ortho nitro benzene ring substituents is 1. The topological polar surface area (TPSA) is 95.5 Å². The van der Waals surface area contributed by atoms with Gasteiger partial charge in [0, 0.05) is 0 Å². The molecule has 0 aliphatic carbocycles. The fourth-order valence-electron chi connectivity index (χ4n) is 1.47. The minimum absolute atomic E-state index is 0.0567. The minimum atomic E-state index is -2.68. The summed E-state index contributed by atoms with van der Waals surface area (Å²) in [5, 5.41) is 20.4. The number of rotatable bonds is 5. The van der Waals surface area contributed by atoms with Gasteiger partial charge in [0.1, 0.15) is 0 Å². The van der Waals surface area contributed by atoms with Crippen molar-refractivity contribution in [2.24, 2.45) is 0 Å². The Hall–Kier alpha value is -2.23. The number of nitro groups is 1. The molecule has 0 fully saturated rings. The zero-order chi connectivity index (χ0) is 14.5. The summed E-state index contributed by atoms with van der Waals surface area (Å²) in [6.45, 7) is 0. The van der Waals surface area contributed by atoms with Gasteiger partial charge in [0.2, 0.25) is 0 Å². The third-order valence-corrected chi connectivity index (χ3v) is 6.71. The summed E-state index contributed by atoms with van der Waals surface area (Å²) in [4.78, 5) is 20.7. The van der Waals surface area contributed by atoms with E-state index in [1.807, 2.05) is 0 Å². The quantitative estimate of drug-likeness (QED) is 0.445. The number of benzene rings is 2. The molecule has 2 aromatic carbocycles. The number of halogens is 1. The second kappa shape index (κ2) is 6.28. The average Bonchev–Trinajstić information content (AvgIpc) is 2.45. The van der Waals surface area contributed by atoms with Crippen LogP contribution in [0.5, 0.6) is 0 Å². The van der Waals surface area contributed by atoms with Crippen molar-refractivity contribution in [2.75, 3.05) is 0 Å². The summed E-state index contributed by atoms with van der Waals surface area (Å²) >= 11 is -2.68. The van der Waals surface area contributed by atoms with Gasteiger partial charge in [-0.1, -0.05) is 0 Å². The van der Waals surface area contributed by atoms with E-state index < -0.39 is 30.2 Å². The second-order valence-electron chi connectivity index (χ2n) is 3.57. The number of nitro benzene ring substituents is 1. The van der Waals surface area contributed by atoms with E-state index in [0.29, 0.717) is 3.57 Å². The molecule has 0 unspecified atom stereocenters. The SMILES string of the molecule is O=[N+]([O-])OI(c1ccccc1)c1ccc([N+](=O)[O-])cc1. The normalized spacial score (nSPS) is 10.7. The third-order valence-electron chi connectivity index (χ3n) is 2.29. The Morgan fingerprint density at radius 3 is 1.90 bits per heavy atom. The Kier molecular flexibility index (Phi) is 4.45. The molecule has 0 radical (unpaired) electrons. The first-order chi connectivity index (χ1) is 9.58. The predicted octanol–water partition coefficient (Wildman–Crippen LogP) is 3.26. The Balaban J connectivity index is 2.36. The van der Waals surface area contributed by atoms with Gasteiger partial charge >= 0.3 is 121 Å². The maximum atomic E-state index is 10.6. The fourth-order valence-corrected chi connectivity index (χ4v) is 5.05. The van der Waals surface area contributed by atoms with E-state index in [2.05, 4.69) is 0 Å². The first-order valence-electron chi connectivity index (χ1n) is 5.40. The average molecular weight is 388 g/mol. The molecule has 7 nitrogen and oxygen atoms in total. The summed E-state index contributed by atoms with van der Waals surface area (Å²) < 4.78 is 6.21. The van der Waals surface area contributed by atoms with Crippen LogP contribution in [0.4, 0.5) is 5.69 Å². The van der Waals surface area contributed by atoms with E-state index in [1.54, 1.807) is 30.3 Å². The molecule has 0 bridgehead atoms. The third kappa shape index (κ3) is 3.41. The molecule has 0 N–H and O–H groups in total. The van der Waals surface area contributed by atoms with E-state index in [-0.39, 0.29) is 5.69 Å². The van der Waals surface area contributed by atoms with E-state index in [1.165, 1.54) is 24.3 Å². The van der Waals surface area contributed by atoms with E-state index in [9.17, 15) is 20.2 Å². The molecule has 20 heavy (non-hydrogen) atoms. The van der Waals surface area contributed by atoms with Crippen molar-refractivity contribution in [1.29, 1.82) is 0 Å². The molecular formula is C12H9IN2O5. The number of nitrogens with zero attached hydrogens (tertiary/aromatic N) is 2. The van der Waals surface area contributed by atoms with Crippen molar-refractivity contribution in [3.8, 4) is 0 Å². The van der Waals surface area contributed by atoms with Crippen molar-refractivity contribution in [3.63, 3.8) is 0 Å². The molecular weight excluding hydrogens is 379 g/mol. The monoisotopic (exact) mass is 388 g/mol. The van der Waals surface area contributed by atoms with Gasteiger partial charge in [0.25, 0.3) is 0 Å². The van der Waals surface area contributed by atoms with Gasteiger partial charge in [-0.3, -0.25) is 0 Å².